The first-order chi connectivity index (χ1) is 13.7. The number of carboxylic acid groups (broad SMARTS) is 1. The number of furan rings is 1. The van der Waals surface area contributed by atoms with Crippen LogP contribution in [0, 0.1) is 11.8 Å². The molecule has 4 heteroatoms. The Kier molecular flexibility index (Phi) is 4.90. The van der Waals surface area contributed by atoms with Crippen molar-refractivity contribution in [1.82, 2.24) is 4.98 Å². The van der Waals surface area contributed by atoms with Crippen molar-refractivity contribution in [3.05, 3.63) is 101 Å². The number of hydrogen-bond donors (Lipinski definition) is 1. The van der Waals surface area contributed by atoms with Crippen molar-refractivity contribution in [2.24, 2.45) is 0 Å². The quantitative estimate of drug-likeness (QED) is 0.531. The van der Waals surface area contributed by atoms with Crippen LogP contribution in [0.1, 0.15) is 32.8 Å². The van der Waals surface area contributed by atoms with E-state index in [0.29, 0.717) is 24.3 Å². The van der Waals surface area contributed by atoms with Gasteiger partial charge in [0.2, 0.25) is 5.71 Å². The monoisotopic (exact) mass is 367 g/mol. The van der Waals surface area contributed by atoms with Crippen molar-refractivity contribution in [2.75, 3.05) is 0 Å². The normalized spacial score (nSPS) is 10.4. The second kappa shape index (κ2) is 7.81. The molecule has 0 saturated heterocycles. The van der Waals surface area contributed by atoms with Crippen LogP contribution in [-0.4, -0.2) is 16.1 Å². The fourth-order valence-electron chi connectivity index (χ4n) is 2.97. The molecule has 0 atom stereocenters. The van der Waals surface area contributed by atoms with Gasteiger partial charge in [-0.2, -0.15) is 0 Å². The molecule has 0 unspecified atom stereocenters. The number of hydrogen-bond acceptors (Lipinski definition) is 3. The van der Waals surface area contributed by atoms with E-state index in [0.717, 1.165) is 16.5 Å². The van der Waals surface area contributed by atoms with Gasteiger partial charge in [0, 0.05) is 24.1 Å². The molecule has 4 aromatic rings. The number of carboxylic acids is 1. The van der Waals surface area contributed by atoms with E-state index in [4.69, 9.17) is 9.52 Å². The van der Waals surface area contributed by atoms with Gasteiger partial charge in [0.1, 0.15) is 0 Å². The van der Waals surface area contributed by atoms with Gasteiger partial charge in [-0.15, -0.1) is 0 Å². The van der Waals surface area contributed by atoms with Crippen molar-refractivity contribution < 1.29 is 14.3 Å². The first kappa shape index (κ1) is 17.6. The van der Waals surface area contributed by atoms with Crippen LogP contribution < -0.4 is 0 Å². The number of nitrogens with zero attached hydrogens (tertiary/aromatic N) is 1. The predicted octanol–water partition coefficient (Wildman–Crippen LogP) is 4.71. The summed E-state index contributed by atoms with van der Waals surface area (Å²) in [6.07, 6.45) is 3.12. The van der Waals surface area contributed by atoms with E-state index in [1.165, 1.54) is 5.56 Å². The predicted molar refractivity (Wildman–Crippen MR) is 107 cm³/mol. The molecule has 0 aliphatic carbocycles. The third kappa shape index (κ3) is 4.11. The molecule has 0 amide bonds. The highest BCUT2D eigenvalue weighted by Gasteiger charge is 2.06. The highest BCUT2D eigenvalue weighted by molar-refractivity contribution is 5.87. The zero-order valence-electron chi connectivity index (χ0n) is 15.1. The molecule has 28 heavy (non-hydrogen) atoms. The lowest BCUT2D eigenvalue weighted by Crippen LogP contribution is -1.96. The number of benzene rings is 2. The average Bonchev–Trinajstić information content (AvgIpc) is 3.11. The highest BCUT2D eigenvalue weighted by Crippen LogP contribution is 2.20. The lowest BCUT2D eigenvalue weighted by molar-refractivity contribution is 0.0697. The molecule has 0 radical (unpaired) electrons. The summed E-state index contributed by atoms with van der Waals surface area (Å²) in [6.45, 7) is 0. The minimum absolute atomic E-state index is 0.283. The first-order valence-corrected chi connectivity index (χ1v) is 8.91. The van der Waals surface area contributed by atoms with Crippen molar-refractivity contribution >= 4 is 17.1 Å². The molecule has 4 rings (SSSR count). The van der Waals surface area contributed by atoms with Gasteiger partial charge in [-0.3, -0.25) is 0 Å². The Bertz CT molecular complexity index is 1180. The van der Waals surface area contributed by atoms with E-state index in [1.807, 2.05) is 54.6 Å². The van der Waals surface area contributed by atoms with Crippen LogP contribution in [0.2, 0.25) is 0 Å². The molecule has 2 aromatic heterocycles. The van der Waals surface area contributed by atoms with Crippen LogP contribution in [0.5, 0.6) is 0 Å². The van der Waals surface area contributed by atoms with Crippen molar-refractivity contribution in [3.8, 4) is 11.8 Å². The van der Waals surface area contributed by atoms with Crippen molar-refractivity contribution in [2.45, 2.75) is 12.8 Å². The molecule has 4 nitrogen and oxygen atoms in total. The third-order valence-electron chi connectivity index (χ3n) is 4.38. The molecular weight excluding hydrogens is 350 g/mol. The fourth-order valence-corrected chi connectivity index (χ4v) is 2.97. The Hall–Kier alpha value is -3.84. The standard InChI is InChI=1S/C24H17NO3/c26-24(27)20-11-9-18(10-12-20)13-19-14-21-15-22(28-23(21)25-16-19)8-4-7-17-5-2-1-3-6-17/h1-3,5-6,9-12,14-16H,7,13H2,(H,26,27). The molecule has 0 bridgehead atoms. The maximum absolute atomic E-state index is 10.9. The average molecular weight is 367 g/mol. The zero-order valence-corrected chi connectivity index (χ0v) is 15.1. The SMILES string of the molecule is O=C(O)c1ccc(Cc2cnc3oc(C#CCc4ccccc4)cc3c2)cc1. The fraction of sp³-hybridized carbons (Fsp3) is 0.0833. The summed E-state index contributed by atoms with van der Waals surface area (Å²) in [5, 5.41) is 9.89. The summed E-state index contributed by atoms with van der Waals surface area (Å²) >= 11 is 0. The van der Waals surface area contributed by atoms with Gasteiger partial charge in [-0.25, -0.2) is 9.78 Å². The molecule has 0 aliphatic rings. The maximum Gasteiger partial charge on any atom is 0.335 e. The van der Waals surface area contributed by atoms with Gasteiger partial charge >= 0.3 is 5.97 Å². The number of aromatic carboxylic acids is 1. The summed E-state index contributed by atoms with van der Waals surface area (Å²) < 4.78 is 5.70. The largest absolute Gasteiger partial charge is 0.478 e. The van der Waals surface area contributed by atoms with E-state index in [1.54, 1.807) is 18.3 Å². The minimum atomic E-state index is -0.922. The van der Waals surface area contributed by atoms with Gasteiger partial charge in [-0.1, -0.05) is 48.4 Å². The summed E-state index contributed by atoms with van der Waals surface area (Å²) in [7, 11) is 0. The van der Waals surface area contributed by atoms with Crippen LogP contribution in [0.3, 0.4) is 0 Å². The topological polar surface area (TPSA) is 63.3 Å². The number of rotatable bonds is 4. The Morgan fingerprint density at radius 1 is 0.964 bits per heavy atom. The van der Waals surface area contributed by atoms with E-state index in [2.05, 4.69) is 16.8 Å². The van der Waals surface area contributed by atoms with Crippen LogP contribution in [0.25, 0.3) is 11.1 Å². The third-order valence-corrected chi connectivity index (χ3v) is 4.38. The molecule has 2 aromatic carbocycles. The zero-order chi connectivity index (χ0) is 19.3. The lowest BCUT2D eigenvalue weighted by Gasteiger charge is -2.02. The number of fused-ring (bicyclic) bond motifs is 1. The number of pyridine rings is 1. The number of carbonyl (C=O) groups is 1. The Morgan fingerprint density at radius 3 is 2.50 bits per heavy atom. The van der Waals surface area contributed by atoms with E-state index < -0.39 is 5.97 Å². The van der Waals surface area contributed by atoms with Crippen LogP contribution >= 0.6 is 0 Å². The number of aromatic nitrogens is 1. The Labute approximate surface area is 162 Å². The second-order valence-electron chi connectivity index (χ2n) is 6.49. The molecule has 2 heterocycles. The van der Waals surface area contributed by atoms with Crippen LogP contribution in [-0.2, 0) is 12.8 Å². The summed E-state index contributed by atoms with van der Waals surface area (Å²) in [4.78, 5) is 15.3. The van der Waals surface area contributed by atoms with Gasteiger partial charge in [0.05, 0.1) is 5.56 Å². The van der Waals surface area contributed by atoms with Crippen molar-refractivity contribution in [1.29, 1.82) is 0 Å². The van der Waals surface area contributed by atoms with Gasteiger partial charge in [0.15, 0.2) is 5.76 Å². The summed E-state index contributed by atoms with van der Waals surface area (Å²) in [5.41, 5.74) is 4.07. The lowest BCUT2D eigenvalue weighted by atomic mass is 10.0. The summed E-state index contributed by atoms with van der Waals surface area (Å²) in [6, 6.07) is 20.9. The second-order valence-corrected chi connectivity index (χ2v) is 6.49. The van der Waals surface area contributed by atoms with E-state index in [-0.39, 0.29) is 5.56 Å². The highest BCUT2D eigenvalue weighted by atomic mass is 16.4. The van der Waals surface area contributed by atoms with Crippen LogP contribution in [0.15, 0.2) is 77.3 Å². The minimum Gasteiger partial charge on any atom is -0.478 e. The Morgan fingerprint density at radius 2 is 1.75 bits per heavy atom. The molecule has 136 valence electrons. The Balaban J connectivity index is 1.49. The van der Waals surface area contributed by atoms with Gasteiger partial charge in [-0.05, 0) is 47.2 Å². The molecule has 0 aliphatic heterocycles. The molecule has 0 spiro atoms. The van der Waals surface area contributed by atoms with Gasteiger partial charge < -0.3 is 9.52 Å². The maximum atomic E-state index is 10.9. The molecule has 1 N–H and O–H groups in total. The summed E-state index contributed by atoms with van der Waals surface area (Å²) in [5.74, 6) is 5.86. The van der Waals surface area contributed by atoms with Gasteiger partial charge in [0.25, 0.3) is 0 Å². The molecular formula is C24H17NO3. The van der Waals surface area contributed by atoms with E-state index in [9.17, 15) is 4.79 Å². The molecule has 0 saturated carbocycles. The van der Waals surface area contributed by atoms with Crippen molar-refractivity contribution in [3.63, 3.8) is 0 Å². The first-order valence-electron chi connectivity index (χ1n) is 8.91. The molecule has 0 fully saturated rings. The smallest absolute Gasteiger partial charge is 0.335 e. The van der Waals surface area contributed by atoms with Crippen LogP contribution in [0.4, 0.5) is 0 Å². The van der Waals surface area contributed by atoms with E-state index >= 15 is 0 Å².